The third-order valence-corrected chi connectivity index (χ3v) is 3.47. The molecule has 2 aromatic rings. The minimum absolute atomic E-state index is 0.820. The third-order valence-electron chi connectivity index (χ3n) is 2.82. The zero-order chi connectivity index (χ0) is 13.0. The van der Waals surface area contributed by atoms with Gasteiger partial charge in [-0.05, 0) is 23.3 Å². The molecule has 2 aromatic carbocycles. The van der Waals surface area contributed by atoms with Crippen LogP contribution in [0.1, 0.15) is 5.56 Å². The summed E-state index contributed by atoms with van der Waals surface area (Å²) in [6, 6.07) is 14.2. The Morgan fingerprint density at radius 2 is 1.44 bits per heavy atom. The molecule has 0 aliphatic carbocycles. The van der Waals surface area contributed by atoms with Crippen molar-refractivity contribution in [2.45, 2.75) is 5.33 Å². The zero-order valence-corrected chi connectivity index (χ0v) is 12.0. The van der Waals surface area contributed by atoms with Gasteiger partial charge >= 0.3 is 0 Å². The lowest BCUT2D eigenvalue weighted by Gasteiger charge is -2.13. The summed E-state index contributed by atoms with van der Waals surface area (Å²) in [6.45, 7) is 0. The molecule has 0 atom stereocenters. The first-order valence-electron chi connectivity index (χ1n) is 5.66. The number of benzene rings is 2. The molecular formula is C15H15BrO2. The number of halogens is 1. The van der Waals surface area contributed by atoms with E-state index in [9.17, 15) is 0 Å². The van der Waals surface area contributed by atoms with E-state index in [1.807, 2.05) is 18.2 Å². The van der Waals surface area contributed by atoms with E-state index >= 15 is 0 Å². The molecule has 94 valence electrons. The highest BCUT2D eigenvalue weighted by Gasteiger charge is 2.11. The maximum atomic E-state index is 5.41. The summed E-state index contributed by atoms with van der Waals surface area (Å²) in [4.78, 5) is 0. The molecule has 2 rings (SSSR count). The molecule has 0 aliphatic rings. The van der Waals surface area contributed by atoms with Gasteiger partial charge in [-0.3, -0.25) is 0 Å². The first kappa shape index (κ1) is 13.0. The average Bonchev–Trinajstić information content (AvgIpc) is 2.46. The molecule has 0 aliphatic heterocycles. The van der Waals surface area contributed by atoms with E-state index in [4.69, 9.17) is 9.47 Å². The second-order valence-corrected chi connectivity index (χ2v) is 4.43. The van der Waals surface area contributed by atoms with Crippen LogP contribution in [0.25, 0.3) is 11.1 Å². The lowest BCUT2D eigenvalue weighted by molar-refractivity contribution is 0.397. The second kappa shape index (κ2) is 5.91. The summed E-state index contributed by atoms with van der Waals surface area (Å²) in [7, 11) is 3.34. The summed E-state index contributed by atoms with van der Waals surface area (Å²) in [5, 5.41) is 0.857. The van der Waals surface area contributed by atoms with Gasteiger partial charge in [-0.2, -0.15) is 0 Å². The van der Waals surface area contributed by atoms with Gasteiger partial charge in [0.05, 0.1) is 19.8 Å². The number of methoxy groups -OCH3 is 2. The number of rotatable bonds is 4. The van der Waals surface area contributed by atoms with Crippen LogP contribution in [-0.2, 0) is 5.33 Å². The molecule has 0 unspecified atom stereocenters. The number of ether oxygens (including phenoxy) is 2. The molecule has 18 heavy (non-hydrogen) atoms. The van der Waals surface area contributed by atoms with Crippen molar-refractivity contribution in [3.8, 4) is 22.6 Å². The predicted molar refractivity (Wildman–Crippen MR) is 77.6 cm³/mol. The fourth-order valence-electron chi connectivity index (χ4n) is 1.90. The minimum Gasteiger partial charge on any atom is -0.496 e. The maximum Gasteiger partial charge on any atom is 0.130 e. The molecule has 0 heterocycles. The van der Waals surface area contributed by atoms with Crippen LogP contribution in [0.5, 0.6) is 11.5 Å². The molecule has 3 heteroatoms. The maximum absolute atomic E-state index is 5.41. The largest absolute Gasteiger partial charge is 0.496 e. The molecule has 0 aromatic heterocycles. The van der Waals surface area contributed by atoms with Crippen LogP contribution in [0.3, 0.4) is 0 Å². The molecule has 0 radical (unpaired) electrons. The highest BCUT2D eigenvalue weighted by molar-refractivity contribution is 9.08. The number of hydrogen-bond donors (Lipinski definition) is 0. The smallest absolute Gasteiger partial charge is 0.130 e. The van der Waals surface area contributed by atoms with Crippen LogP contribution in [0, 0.1) is 0 Å². The molecule has 0 fully saturated rings. The van der Waals surface area contributed by atoms with Gasteiger partial charge in [0, 0.05) is 5.33 Å². The second-order valence-electron chi connectivity index (χ2n) is 3.87. The van der Waals surface area contributed by atoms with Crippen molar-refractivity contribution in [2.75, 3.05) is 14.2 Å². The fourth-order valence-corrected chi connectivity index (χ4v) is 2.27. The topological polar surface area (TPSA) is 18.5 Å². The van der Waals surface area contributed by atoms with Crippen molar-refractivity contribution >= 4 is 15.9 Å². The van der Waals surface area contributed by atoms with Gasteiger partial charge in [0.15, 0.2) is 0 Å². The summed E-state index contributed by atoms with van der Waals surface area (Å²) < 4.78 is 10.8. The Labute approximate surface area is 116 Å². The first-order chi connectivity index (χ1) is 8.80. The standard InChI is InChI=1S/C15H15BrO2/c1-17-13-4-3-5-14(18-2)15(13)12-8-6-11(10-16)7-9-12/h3-9H,10H2,1-2H3. The van der Waals surface area contributed by atoms with Gasteiger partial charge in [-0.1, -0.05) is 46.3 Å². The molecule has 0 amide bonds. The number of hydrogen-bond acceptors (Lipinski definition) is 2. The van der Waals surface area contributed by atoms with Crippen LogP contribution in [0.15, 0.2) is 42.5 Å². The van der Waals surface area contributed by atoms with Crippen LogP contribution in [-0.4, -0.2) is 14.2 Å². The Bertz CT molecular complexity index is 498. The van der Waals surface area contributed by atoms with Gasteiger partial charge < -0.3 is 9.47 Å². The molecule has 0 bridgehead atoms. The summed E-state index contributed by atoms with van der Waals surface area (Å²) in [5.41, 5.74) is 3.32. The Morgan fingerprint density at radius 3 is 1.89 bits per heavy atom. The zero-order valence-electron chi connectivity index (χ0n) is 10.4. The Hall–Kier alpha value is -1.48. The first-order valence-corrected chi connectivity index (χ1v) is 6.78. The van der Waals surface area contributed by atoms with Crippen molar-refractivity contribution in [1.82, 2.24) is 0 Å². The molecule has 2 nitrogen and oxygen atoms in total. The van der Waals surface area contributed by atoms with E-state index in [1.54, 1.807) is 14.2 Å². The molecule has 0 spiro atoms. The van der Waals surface area contributed by atoms with Crippen molar-refractivity contribution < 1.29 is 9.47 Å². The Balaban J connectivity index is 2.53. The van der Waals surface area contributed by atoms with Crippen LogP contribution in [0.2, 0.25) is 0 Å². The Morgan fingerprint density at radius 1 is 0.889 bits per heavy atom. The van der Waals surface area contributed by atoms with Crippen LogP contribution in [0.4, 0.5) is 0 Å². The van der Waals surface area contributed by atoms with E-state index in [-0.39, 0.29) is 0 Å². The Kier molecular flexibility index (Phi) is 4.26. The fraction of sp³-hybridized carbons (Fsp3) is 0.200. The number of alkyl halides is 1. The SMILES string of the molecule is COc1cccc(OC)c1-c1ccc(CBr)cc1. The quantitative estimate of drug-likeness (QED) is 0.786. The van der Waals surface area contributed by atoms with Crippen molar-refractivity contribution in [1.29, 1.82) is 0 Å². The highest BCUT2D eigenvalue weighted by atomic mass is 79.9. The van der Waals surface area contributed by atoms with Crippen molar-refractivity contribution in [3.63, 3.8) is 0 Å². The normalized spacial score (nSPS) is 10.2. The van der Waals surface area contributed by atoms with Crippen molar-refractivity contribution in [2.24, 2.45) is 0 Å². The van der Waals surface area contributed by atoms with Crippen LogP contribution >= 0.6 is 15.9 Å². The molecular weight excluding hydrogens is 292 g/mol. The summed E-state index contributed by atoms with van der Waals surface area (Å²) >= 11 is 3.45. The summed E-state index contributed by atoms with van der Waals surface area (Å²) in [5.74, 6) is 1.64. The van der Waals surface area contributed by atoms with E-state index in [1.165, 1.54) is 5.56 Å². The van der Waals surface area contributed by atoms with E-state index in [0.29, 0.717) is 0 Å². The predicted octanol–water partition coefficient (Wildman–Crippen LogP) is 4.27. The van der Waals surface area contributed by atoms with Gasteiger partial charge in [-0.25, -0.2) is 0 Å². The van der Waals surface area contributed by atoms with Gasteiger partial charge in [0.25, 0.3) is 0 Å². The van der Waals surface area contributed by atoms with Gasteiger partial charge in [-0.15, -0.1) is 0 Å². The van der Waals surface area contributed by atoms with Crippen LogP contribution < -0.4 is 9.47 Å². The minimum atomic E-state index is 0.820. The third kappa shape index (κ3) is 2.51. The van der Waals surface area contributed by atoms with Crippen molar-refractivity contribution in [3.05, 3.63) is 48.0 Å². The molecule has 0 saturated heterocycles. The molecule has 0 saturated carbocycles. The molecule has 0 N–H and O–H groups in total. The van der Waals surface area contributed by atoms with E-state index in [2.05, 4.69) is 40.2 Å². The highest BCUT2D eigenvalue weighted by Crippen LogP contribution is 2.38. The summed E-state index contributed by atoms with van der Waals surface area (Å²) in [6.07, 6.45) is 0. The lowest BCUT2D eigenvalue weighted by Crippen LogP contribution is -1.93. The monoisotopic (exact) mass is 306 g/mol. The lowest BCUT2D eigenvalue weighted by atomic mass is 10.0. The average molecular weight is 307 g/mol. The van der Waals surface area contributed by atoms with Gasteiger partial charge in [0.1, 0.15) is 11.5 Å². The van der Waals surface area contributed by atoms with E-state index in [0.717, 1.165) is 28.0 Å². The van der Waals surface area contributed by atoms with E-state index < -0.39 is 0 Å². The van der Waals surface area contributed by atoms with Gasteiger partial charge in [0.2, 0.25) is 0 Å².